The van der Waals surface area contributed by atoms with Crippen molar-refractivity contribution >= 4 is 6.41 Å². The molecule has 0 aliphatic carbocycles. The van der Waals surface area contributed by atoms with E-state index in [0.717, 1.165) is 52.2 Å². The maximum Gasteiger partial charge on any atom is 0.204 e. The van der Waals surface area contributed by atoms with E-state index >= 15 is 0 Å². The van der Waals surface area contributed by atoms with Gasteiger partial charge in [-0.3, -0.25) is 4.79 Å². The van der Waals surface area contributed by atoms with E-state index in [4.69, 9.17) is 9.63 Å². The van der Waals surface area contributed by atoms with Crippen LogP contribution in [0.25, 0.3) is 0 Å². The van der Waals surface area contributed by atoms with Crippen LogP contribution in [-0.4, -0.2) is 62.8 Å². The lowest BCUT2D eigenvalue weighted by Gasteiger charge is -2.32. The van der Waals surface area contributed by atoms with E-state index in [1.54, 1.807) is 0 Å². The molecule has 0 bridgehead atoms. The average molecular weight is 766 g/mol. The molecule has 7 nitrogen and oxygen atoms in total. The molecular formula is C47H99N5O2. The molecule has 0 heterocycles. The Labute approximate surface area is 339 Å². The third-order valence-corrected chi connectivity index (χ3v) is 10.8. The molecule has 0 unspecified atom stereocenters. The summed E-state index contributed by atoms with van der Waals surface area (Å²) in [6.07, 6.45) is 46.8. The van der Waals surface area contributed by atoms with Gasteiger partial charge >= 0.3 is 0 Å². The highest BCUT2D eigenvalue weighted by molar-refractivity contribution is 5.42. The van der Waals surface area contributed by atoms with Gasteiger partial charge in [0, 0.05) is 51.9 Å². The van der Waals surface area contributed by atoms with Gasteiger partial charge in [0.15, 0.2) is 0 Å². The fourth-order valence-electron chi connectivity index (χ4n) is 7.14. The van der Waals surface area contributed by atoms with E-state index in [0.29, 0.717) is 0 Å². The zero-order chi connectivity index (χ0) is 39.8. The summed E-state index contributed by atoms with van der Waals surface area (Å²) in [6, 6.07) is 0. The minimum Gasteiger partial charge on any atom is -0.389 e. The van der Waals surface area contributed by atoms with Crippen LogP contribution < -0.4 is 16.5 Å². The Bertz CT molecular complexity index is 710. The molecule has 0 aromatic rings. The van der Waals surface area contributed by atoms with Crippen molar-refractivity contribution in [3.05, 3.63) is 12.3 Å². The number of hydrogen-bond donors (Lipinski definition) is 3. The summed E-state index contributed by atoms with van der Waals surface area (Å²) in [5.74, 6) is 0. The number of nitrogens with two attached hydrogens (primary N) is 1. The monoisotopic (exact) mass is 766 g/mol. The van der Waals surface area contributed by atoms with E-state index in [1.165, 1.54) is 211 Å². The lowest BCUT2D eigenvalue weighted by atomic mass is 10.1. The van der Waals surface area contributed by atoms with E-state index in [1.807, 2.05) is 0 Å². The molecule has 0 fully saturated rings. The largest absolute Gasteiger partial charge is 0.389 e. The van der Waals surface area contributed by atoms with Crippen LogP contribution in [-0.2, 0) is 9.63 Å². The second-order valence-corrected chi connectivity index (χ2v) is 16.1. The van der Waals surface area contributed by atoms with Crippen molar-refractivity contribution in [2.45, 2.75) is 239 Å². The zero-order valence-electron chi connectivity index (χ0n) is 37.4. The van der Waals surface area contributed by atoms with Crippen LogP contribution in [0.4, 0.5) is 0 Å². The molecule has 0 aliphatic heterocycles. The highest BCUT2D eigenvalue weighted by Gasteiger charge is 2.11. The highest BCUT2D eigenvalue weighted by atomic mass is 16.6. The lowest BCUT2D eigenvalue weighted by Crippen LogP contribution is -2.42. The van der Waals surface area contributed by atoms with Crippen LogP contribution in [0.2, 0.25) is 0 Å². The molecule has 324 valence electrons. The average Bonchev–Trinajstić information content (AvgIpc) is 3.17. The van der Waals surface area contributed by atoms with Crippen LogP contribution in [0.15, 0.2) is 12.3 Å². The molecule has 0 saturated carbocycles. The van der Waals surface area contributed by atoms with Gasteiger partial charge < -0.3 is 15.9 Å². The minimum atomic E-state index is 0.250. The van der Waals surface area contributed by atoms with Crippen molar-refractivity contribution in [3.63, 3.8) is 0 Å². The van der Waals surface area contributed by atoms with Crippen LogP contribution in [0.3, 0.4) is 0 Å². The van der Waals surface area contributed by atoms with Crippen LogP contribution >= 0.6 is 0 Å². The number of amides is 1. The maximum atomic E-state index is 8.58. The van der Waals surface area contributed by atoms with Gasteiger partial charge in [-0.15, -0.1) is 0 Å². The molecule has 1 amide bonds. The second-order valence-electron chi connectivity index (χ2n) is 16.1. The van der Waals surface area contributed by atoms with Crippen LogP contribution in [0, 0.1) is 0 Å². The third-order valence-electron chi connectivity index (χ3n) is 10.8. The van der Waals surface area contributed by atoms with Crippen molar-refractivity contribution in [1.82, 2.24) is 20.8 Å². The highest BCUT2D eigenvalue weighted by Crippen LogP contribution is 2.14. The smallest absolute Gasteiger partial charge is 0.204 e. The van der Waals surface area contributed by atoms with Gasteiger partial charge in [0.05, 0.1) is 6.61 Å². The number of nitrogens with one attached hydrogen (secondary N) is 2. The number of hydrazine groups is 1. The summed E-state index contributed by atoms with van der Waals surface area (Å²) in [7, 11) is 2.28. The molecule has 0 atom stereocenters. The first-order chi connectivity index (χ1) is 26.6. The number of carbonyl (C=O) groups is 1. The molecule has 4 N–H and O–H groups in total. The predicted octanol–water partition coefficient (Wildman–Crippen LogP) is 13.2. The molecule has 0 spiro atoms. The molecule has 0 aliphatic rings. The molecule has 0 aromatic carbocycles. The number of nitrogens with zero attached hydrogens (tertiary/aromatic N) is 2. The standard InChI is InChI=1S/C46H96N4O.CH3NO/c1-6-9-12-15-18-21-24-25-28-31-34-37-42-50(43-38-45-51-48-41-36-33-30-27-23-20-17-14-11-8-3)49(5)44-39-46(4)47-40-35-32-29-26-22-19-16-13-10-7-2;2-1-3/h47-48H,4,6-45H2,1-3,5H3;1H,(H2,2,3). The van der Waals surface area contributed by atoms with Crippen LogP contribution in [0.1, 0.15) is 239 Å². The quantitative estimate of drug-likeness (QED) is 0.0325. The summed E-state index contributed by atoms with van der Waals surface area (Å²) in [5, 5.41) is 8.67. The number of unbranched alkanes of at least 4 members (excludes halogenated alkanes) is 29. The first-order valence-electron chi connectivity index (χ1n) is 23.9. The number of carbonyl (C=O) groups excluding carboxylic acids is 1. The number of primary amides is 1. The van der Waals surface area contributed by atoms with Gasteiger partial charge in [-0.2, -0.15) is 0 Å². The first-order valence-corrected chi connectivity index (χ1v) is 23.9. The van der Waals surface area contributed by atoms with Gasteiger partial charge in [-0.25, -0.2) is 15.5 Å². The topological polar surface area (TPSA) is 82.9 Å². The fourth-order valence-corrected chi connectivity index (χ4v) is 7.14. The van der Waals surface area contributed by atoms with E-state index in [9.17, 15) is 0 Å². The Kier molecular flexibility index (Phi) is 50.7. The molecular weight excluding hydrogens is 667 g/mol. The third kappa shape index (κ3) is 47.0. The molecule has 0 saturated heterocycles. The Morgan fingerprint density at radius 3 is 1.26 bits per heavy atom. The molecule has 0 aromatic heterocycles. The van der Waals surface area contributed by atoms with Crippen molar-refractivity contribution in [1.29, 1.82) is 0 Å². The lowest BCUT2D eigenvalue weighted by molar-refractivity contribution is -0.106. The van der Waals surface area contributed by atoms with Crippen molar-refractivity contribution in [2.24, 2.45) is 5.73 Å². The van der Waals surface area contributed by atoms with Gasteiger partial charge in [0.2, 0.25) is 6.41 Å². The Balaban J connectivity index is 0. The molecule has 0 rings (SSSR count). The number of rotatable bonds is 45. The predicted molar refractivity (Wildman–Crippen MR) is 240 cm³/mol. The van der Waals surface area contributed by atoms with E-state index in [-0.39, 0.29) is 6.41 Å². The van der Waals surface area contributed by atoms with Gasteiger partial charge in [-0.1, -0.05) is 214 Å². The number of hydroxylamine groups is 1. The van der Waals surface area contributed by atoms with Gasteiger partial charge in [0.1, 0.15) is 0 Å². The second kappa shape index (κ2) is 49.9. The van der Waals surface area contributed by atoms with Gasteiger partial charge in [-0.05, 0) is 25.7 Å². The summed E-state index contributed by atoms with van der Waals surface area (Å²) >= 11 is 0. The fraction of sp³-hybridized carbons (Fsp3) is 0.936. The summed E-state index contributed by atoms with van der Waals surface area (Å²) in [4.78, 5) is 14.4. The summed E-state index contributed by atoms with van der Waals surface area (Å²) in [5.41, 5.74) is 8.61. The van der Waals surface area contributed by atoms with Crippen molar-refractivity contribution in [3.8, 4) is 0 Å². The molecule has 7 heteroatoms. The normalized spacial score (nSPS) is 11.3. The van der Waals surface area contributed by atoms with Crippen LogP contribution in [0.5, 0.6) is 0 Å². The maximum absolute atomic E-state index is 8.58. The summed E-state index contributed by atoms with van der Waals surface area (Å²) in [6.45, 7) is 17.3. The summed E-state index contributed by atoms with van der Waals surface area (Å²) < 4.78 is 0. The van der Waals surface area contributed by atoms with Crippen molar-refractivity contribution < 1.29 is 9.63 Å². The number of hydrogen-bond acceptors (Lipinski definition) is 6. The first kappa shape index (κ1) is 54.9. The van der Waals surface area contributed by atoms with E-state index < -0.39 is 0 Å². The minimum absolute atomic E-state index is 0.250. The van der Waals surface area contributed by atoms with E-state index in [2.05, 4.69) is 60.9 Å². The Morgan fingerprint density at radius 1 is 0.519 bits per heavy atom. The zero-order valence-corrected chi connectivity index (χ0v) is 37.4. The van der Waals surface area contributed by atoms with Crippen molar-refractivity contribution in [2.75, 3.05) is 46.4 Å². The van der Waals surface area contributed by atoms with Gasteiger partial charge in [0.25, 0.3) is 0 Å². The Morgan fingerprint density at radius 2 is 0.852 bits per heavy atom. The Hall–Kier alpha value is -1.15. The molecule has 0 radical (unpaired) electrons. The molecule has 54 heavy (non-hydrogen) atoms. The SMILES string of the molecule is C=C(CCN(C)N(CCCCCCCCCCCCCC)CCCONCCCCCCCCCCCC)NCCCCCCCCCCCC.NC=O.